The smallest absolute Gasteiger partial charge is 0.131 e. The van der Waals surface area contributed by atoms with Gasteiger partial charge in [-0.2, -0.15) is 0 Å². The molecule has 4 rings (SSSR count). The molecule has 6 heteroatoms. The molecule has 1 aliphatic rings. The normalized spacial score (nSPS) is 14.4. The summed E-state index contributed by atoms with van der Waals surface area (Å²) in [6.07, 6.45) is 4.98. The number of hydrogen-bond donors (Lipinski definition) is 0. The molecule has 1 aromatic carbocycles. The van der Waals surface area contributed by atoms with Crippen LogP contribution in [0.1, 0.15) is 41.7 Å². The van der Waals surface area contributed by atoms with Crippen LogP contribution in [-0.4, -0.2) is 33.5 Å². The zero-order chi connectivity index (χ0) is 18.8. The molecule has 0 saturated heterocycles. The third-order valence-electron chi connectivity index (χ3n) is 4.82. The zero-order valence-electron chi connectivity index (χ0n) is 16.0. The van der Waals surface area contributed by atoms with Crippen molar-refractivity contribution in [2.24, 2.45) is 0 Å². The maximum Gasteiger partial charge on any atom is 0.131 e. The Morgan fingerprint density at radius 3 is 2.85 bits per heavy atom. The number of thiazole rings is 1. The Morgan fingerprint density at radius 1 is 1.19 bits per heavy atom. The largest absolute Gasteiger partial charge is 0.496 e. The van der Waals surface area contributed by atoms with Gasteiger partial charge in [0.05, 0.1) is 12.7 Å². The van der Waals surface area contributed by atoms with Gasteiger partial charge in [0.2, 0.25) is 0 Å². The first-order chi connectivity index (χ1) is 13.1. The lowest BCUT2D eigenvalue weighted by atomic mass is 10.1. The first-order valence-corrected chi connectivity index (χ1v) is 10.1. The molecule has 1 aliphatic heterocycles. The highest BCUT2D eigenvalue weighted by atomic mass is 32.1. The molecule has 0 unspecified atom stereocenters. The number of ether oxygens (including phenoxy) is 1. The van der Waals surface area contributed by atoms with E-state index in [1.54, 1.807) is 18.4 Å². The molecular formula is C21H24N4OS. The molecule has 0 spiro atoms. The van der Waals surface area contributed by atoms with Gasteiger partial charge in [0.15, 0.2) is 0 Å². The molecule has 0 bridgehead atoms. The number of methoxy groups -OCH3 is 1. The second-order valence-electron chi connectivity index (χ2n) is 7.15. The first-order valence-electron chi connectivity index (χ1n) is 9.29. The lowest BCUT2D eigenvalue weighted by molar-refractivity contribution is 0.244. The third-order valence-corrected chi connectivity index (χ3v) is 5.83. The molecule has 3 aromatic rings. The quantitative estimate of drug-likeness (QED) is 0.661. The minimum atomic E-state index is 0.374. The summed E-state index contributed by atoms with van der Waals surface area (Å²) in [4.78, 5) is 17.6. The predicted molar refractivity (Wildman–Crippen MR) is 108 cm³/mol. The van der Waals surface area contributed by atoms with Gasteiger partial charge in [-0.05, 0) is 12.1 Å². The summed E-state index contributed by atoms with van der Waals surface area (Å²) < 4.78 is 5.47. The van der Waals surface area contributed by atoms with Gasteiger partial charge in [0.25, 0.3) is 0 Å². The van der Waals surface area contributed by atoms with Crippen LogP contribution >= 0.6 is 11.3 Å². The number of benzene rings is 1. The van der Waals surface area contributed by atoms with Crippen molar-refractivity contribution in [3.8, 4) is 16.3 Å². The summed E-state index contributed by atoms with van der Waals surface area (Å²) in [5.74, 6) is 2.19. The zero-order valence-corrected chi connectivity index (χ0v) is 16.8. The van der Waals surface area contributed by atoms with E-state index < -0.39 is 0 Å². The second-order valence-corrected chi connectivity index (χ2v) is 8.26. The monoisotopic (exact) mass is 380 g/mol. The number of fused-ring (bicyclic) bond motifs is 1. The van der Waals surface area contributed by atoms with Crippen molar-refractivity contribution < 1.29 is 4.74 Å². The van der Waals surface area contributed by atoms with Crippen molar-refractivity contribution in [2.45, 2.75) is 39.3 Å². The van der Waals surface area contributed by atoms with Crippen molar-refractivity contribution in [1.29, 1.82) is 0 Å². The molecule has 2 aromatic heterocycles. The van der Waals surface area contributed by atoms with Crippen LogP contribution < -0.4 is 4.74 Å². The van der Waals surface area contributed by atoms with Crippen LogP contribution in [-0.2, 0) is 19.5 Å². The van der Waals surface area contributed by atoms with E-state index in [-0.39, 0.29) is 0 Å². The van der Waals surface area contributed by atoms with E-state index in [9.17, 15) is 0 Å². The fourth-order valence-electron chi connectivity index (χ4n) is 3.35. The minimum absolute atomic E-state index is 0.374. The van der Waals surface area contributed by atoms with Crippen molar-refractivity contribution in [3.63, 3.8) is 0 Å². The van der Waals surface area contributed by atoms with Crippen LogP contribution in [0.4, 0.5) is 0 Å². The molecule has 3 heterocycles. The fourth-order valence-corrected chi connectivity index (χ4v) is 4.33. The molecule has 0 atom stereocenters. The van der Waals surface area contributed by atoms with Crippen molar-refractivity contribution >= 4 is 11.3 Å². The standard InChI is InChI=1S/C21H24N4OS/c1-14(2)20-22-10-15-12-25(9-8-18(15)24-20)13-16-11-23-21(27-16)17-6-4-5-7-19(17)26-3/h4-7,10-11,14H,8-9,12-13H2,1-3H3. The number of nitrogens with zero attached hydrogens (tertiary/aromatic N) is 4. The summed E-state index contributed by atoms with van der Waals surface area (Å²) in [6, 6.07) is 8.03. The van der Waals surface area contributed by atoms with E-state index in [0.29, 0.717) is 5.92 Å². The van der Waals surface area contributed by atoms with E-state index in [4.69, 9.17) is 9.72 Å². The topological polar surface area (TPSA) is 51.1 Å². The van der Waals surface area contributed by atoms with Crippen LogP contribution in [0.5, 0.6) is 5.75 Å². The van der Waals surface area contributed by atoms with Crippen molar-refractivity contribution in [3.05, 3.63) is 58.6 Å². The molecule has 140 valence electrons. The Labute approximate surface area is 164 Å². The highest BCUT2D eigenvalue weighted by Gasteiger charge is 2.20. The molecule has 5 nitrogen and oxygen atoms in total. The van der Waals surface area contributed by atoms with E-state index in [2.05, 4.69) is 34.8 Å². The Balaban J connectivity index is 1.47. The molecular weight excluding hydrogens is 356 g/mol. The van der Waals surface area contributed by atoms with Gasteiger partial charge in [0.1, 0.15) is 16.6 Å². The summed E-state index contributed by atoms with van der Waals surface area (Å²) in [5, 5.41) is 1.00. The summed E-state index contributed by atoms with van der Waals surface area (Å²) >= 11 is 1.73. The Morgan fingerprint density at radius 2 is 2.04 bits per heavy atom. The SMILES string of the molecule is COc1ccccc1-c1ncc(CN2CCc3nc(C(C)C)ncc3C2)s1. The van der Waals surface area contributed by atoms with Crippen molar-refractivity contribution in [2.75, 3.05) is 13.7 Å². The van der Waals surface area contributed by atoms with Crippen LogP contribution in [0.3, 0.4) is 0 Å². The Hall–Kier alpha value is -2.31. The molecule has 0 radical (unpaired) electrons. The molecule has 0 amide bonds. The maximum absolute atomic E-state index is 5.47. The molecule has 27 heavy (non-hydrogen) atoms. The highest BCUT2D eigenvalue weighted by molar-refractivity contribution is 7.15. The fraction of sp³-hybridized carbons (Fsp3) is 0.381. The average molecular weight is 381 g/mol. The minimum Gasteiger partial charge on any atom is -0.496 e. The molecule has 0 aliphatic carbocycles. The van der Waals surface area contributed by atoms with Gasteiger partial charge in [-0.15, -0.1) is 11.3 Å². The van der Waals surface area contributed by atoms with Gasteiger partial charge in [-0.25, -0.2) is 15.0 Å². The van der Waals surface area contributed by atoms with Gasteiger partial charge in [-0.1, -0.05) is 26.0 Å². The van der Waals surface area contributed by atoms with Gasteiger partial charge in [0, 0.05) is 60.5 Å². The Kier molecular flexibility index (Phi) is 5.18. The van der Waals surface area contributed by atoms with Crippen LogP contribution in [0, 0.1) is 0 Å². The van der Waals surface area contributed by atoms with Crippen LogP contribution in [0.25, 0.3) is 10.6 Å². The summed E-state index contributed by atoms with van der Waals surface area (Å²) in [7, 11) is 1.70. The van der Waals surface area contributed by atoms with E-state index in [1.165, 1.54) is 16.1 Å². The first kappa shape index (κ1) is 18.1. The summed E-state index contributed by atoms with van der Waals surface area (Å²) in [5.41, 5.74) is 3.51. The number of para-hydroxylation sites is 1. The maximum atomic E-state index is 5.47. The molecule has 0 N–H and O–H groups in total. The van der Waals surface area contributed by atoms with Gasteiger partial charge >= 0.3 is 0 Å². The lowest BCUT2D eigenvalue weighted by Crippen LogP contribution is -2.30. The highest BCUT2D eigenvalue weighted by Crippen LogP contribution is 2.33. The third kappa shape index (κ3) is 3.87. The second kappa shape index (κ2) is 7.74. The van der Waals surface area contributed by atoms with Crippen LogP contribution in [0.15, 0.2) is 36.7 Å². The van der Waals surface area contributed by atoms with E-state index in [1.807, 2.05) is 30.6 Å². The predicted octanol–water partition coefficient (Wildman–Crippen LogP) is 4.29. The molecule has 0 fully saturated rings. The number of hydrogen-bond acceptors (Lipinski definition) is 6. The van der Waals surface area contributed by atoms with E-state index in [0.717, 1.165) is 48.2 Å². The molecule has 0 saturated carbocycles. The van der Waals surface area contributed by atoms with Crippen molar-refractivity contribution in [1.82, 2.24) is 19.9 Å². The van der Waals surface area contributed by atoms with Crippen LogP contribution in [0.2, 0.25) is 0 Å². The van der Waals surface area contributed by atoms with Gasteiger partial charge < -0.3 is 4.74 Å². The number of rotatable bonds is 5. The average Bonchev–Trinajstić information content (AvgIpc) is 3.15. The van der Waals surface area contributed by atoms with E-state index >= 15 is 0 Å². The van der Waals surface area contributed by atoms with Gasteiger partial charge in [-0.3, -0.25) is 4.90 Å². The number of aromatic nitrogens is 3. The lowest BCUT2D eigenvalue weighted by Gasteiger charge is -2.27. The summed E-state index contributed by atoms with van der Waals surface area (Å²) in [6.45, 7) is 7.09. The Bertz CT molecular complexity index is 937.